The molecule has 0 spiro atoms. The first-order valence-electron chi connectivity index (χ1n) is 6.86. The zero-order chi connectivity index (χ0) is 12.9. The molecule has 17 heavy (non-hydrogen) atoms. The lowest BCUT2D eigenvalue weighted by Gasteiger charge is -2.30. The van der Waals surface area contributed by atoms with Gasteiger partial charge in [0.1, 0.15) is 0 Å². The molecule has 102 valence electrons. The molecule has 0 aromatic carbocycles. The number of aliphatic hydroxyl groups is 1. The summed E-state index contributed by atoms with van der Waals surface area (Å²) in [7, 11) is 0. The van der Waals surface area contributed by atoms with Gasteiger partial charge < -0.3 is 14.6 Å². The smallest absolute Gasteiger partial charge is 0.158 e. The molecule has 3 heteroatoms. The monoisotopic (exact) mass is 244 g/mol. The first kappa shape index (κ1) is 14.9. The van der Waals surface area contributed by atoms with Crippen LogP contribution in [-0.2, 0) is 9.47 Å². The zero-order valence-electron chi connectivity index (χ0n) is 11.7. The third-order valence-corrected chi connectivity index (χ3v) is 3.29. The van der Waals surface area contributed by atoms with Gasteiger partial charge in [0.05, 0.1) is 18.3 Å². The van der Waals surface area contributed by atoms with E-state index in [0.29, 0.717) is 12.0 Å². The highest BCUT2D eigenvalue weighted by Crippen LogP contribution is 2.23. The summed E-state index contributed by atoms with van der Waals surface area (Å²) in [4.78, 5) is 0. The van der Waals surface area contributed by atoms with Crippen molar-refractivity contribution < 1.29 is 14.6 Å². The molecule has 0 aromatic rings. The molecule has 0 saturated carbocycles. The fraction of sp³-hybridized carbons (Fsp3) is 1.00. The average Bonchev–Trinajstić information content (AvgIpc) is 2.15. The molecule has 0 unspecified atom stereocenters. The van der Waals surface area contributed by atoms with Crippen LogP contribution in [0.15, 0.2) is 0 Å². The Morgan fingerprint density at radius 1 is 1.41 bits per heavy atom. The highest BCUT2D eigenvalue weighted by Gasteiger charge is 2.22. The number of hydrogen-bond acceptors (Lipinski definition) is 3. The van der Waals surface area contributed by atoms with E-state index in [-0.39, 0.29) is 6.29 Å². The van der Waals surface area contributed by atoms with E-state index < -0.39 is 5.60 Å². The van der Waals surface area contributed by atoms with Crippen molar-refractivity contribution in [2.45, 2.75) is 77.8 Å². The Balaban J connectivity index is 2.13. The Labute approximate surface area is 105 Å². The van der Waals surface area contributed by atoms with Crippen LogP contribution in [0.3, 0.4) is 0 Å². The Morgan fingerprint density at radius 3 is 2.71 bits per heavy atom. The molecule has 3 nitrogen and oxygen atoms in total. The van der Waals surface area contributed by atoms with Crippen molar-refractivity contribution in [2.75, 3.05) is 6.61 Å². The van der Waals surface area contributed by atoms with Crippen LogP contribution in [0.25, 0.3) is 0 Å². The van der Waals surface area contributed by atoms with E-state index >= 15 is 0 Å². The topological polar surface area (TPSA) is 38.7 Å². The second-order valence-corrected chi connectivity index (χ2v) is 6.08. The van der Waals surface area contributed by atoms with E-state index in [4.69, 9.17) is 9.47 Å². The number of ether oxygens (including phenoxy) is 2. The van der Waals surface area contributed by atoms with Crippen LogP contribution in [0.2, 0.25) is 0 Å². The van der Waals surface area contributed by atoms with E-state index in [2.05, 4.69) is 13.8 Å². The first-order chi connectivity index (χ1) is 7.87. The largest absolute Gasteiger partial charge is 0.390 e. The highest BCUT2D eigenvalue weighted by atomic mass is 16.7. The van der Waals surface area contributed by atoms with Gasteiger partial charge in [-0.1, -0.05) is 19.8 Å². The third kappa shape index (κ3) is 7.02. The molecule has 0 aromatic heterocycles. The average molecular weight is 244 g/mol. The standard InChI is InChI=1S/C14H28O3/c1-11(6-5-8-14(3,4)15)10-13-16-9-7-12(2)17-13/h11-13,15H,5-10H2,1-4H3/t11-,12+,13+/m1/s1. The minimum absolute atomic E-state index is 0.0177. The number of rotatable bonds is 6. The summed E-state index contributed by atoms with van der Waals surface area (Å²) in [6.07, 6.45) is 5.34. The number of hydrogen-bond donors (Lipinski definition) is 1. The molecule has 1 heterocycles. The lowest BCUT2D eigenvalue weighted by molar-refractivity contribution is -0.214. The van der Waals surface area contributed by atoms with Gasteiger partial charge in [-0.15, -0.1) is 0 Å². The predicted octanol–water partition coefficient (Wildman–Crippen LogP) is 3.11. The zero-order valence-corrected chi connectivity index (χ0v) is 11.7. The van der Waals surface area contributed by atoms with Gasteiger partial charge in [-0.3, -0.25) is 0 Å². The van der Waals surface area contributed by atoms with E-state index in [1.165, 1.54) is 0 Å². The fourth-order valence-corrected chi connectivity index (χ4v) is 2.18. The van der Waals surface area contributed by atoms with Gasteiger partial charge in [0, 0.05) is 6.42 Å². The molecule has 0 bridgehead atoms. The molecule has 0 aliphatic carbocycles. The Kier molecular flexibility index (Phi) is 5.90. The summed E-state index contributed by atoms with van der Waals surface area (Å²) in [5, 5.41) is 9.64. The molecular weight excluding hydrogens is 216 g/mol. The molecule has 0 amide bonds. The van der Waals surface area contributed by atoms with E-state index in [9.17, 15) is 5.11 Å². The van der Waals surface area contributed by atoms with Crippen LogP contribution < -0.4 is 0 Å². The van der Waals surface area contributed by atoms with Crippen molar-refractivity contribution in [1.82, 2.24) is 0 Å². The first-order valence-corrected chi connectivity index (χ1v) is 6.86. The summed E-state index contributed by atoms with van der Waals surface area (Å²) in [5.74, 6) is 0.590. The second kappa shape index (κ2) is 6.72. The van der Waals surface area contributed by atoms with Crippen molar-refractivity contribution in [3.05, 3.63) is 0 Å². The molecule has 1 N–H and O–H groups in total. The predicted molar refractivity (Wildman–Crippen MR) is 68.8 cm³/mol. The van der Waals surface area contributed by atoms with Gasteiger partial charge in [-0.25, -0.2) is 0 Å². The quantitative estimate of drug-likeness (QED) is 0.780. The van der Waals surface area contributed by atoms with Crippen molar-refractivity contribution in [3.8, 4) is 0 Å². The van der Waals surface area contributed by atoms with Gasteiger partial charge in [-0.2, -0.15) is 0 Å². The van der Waals surface area contributed by atoms with Crippen LogP contribution in [0.5, 0.6) is 0 Å². The summed E-state index contributed by atoms with van der Waals surface area (Å²) in [6, 6.07) is 0. The van der Waals surface area contributed by atoms with Gasteiger partial charge in [0.2, 0.25) is 0 Å². The van der Waals surface area contributed by atoms with E-state index in [1.807, 2.05) is 13.8 Å². The minimum atomic E-state index is -0.536. The summed E-state index contributed by atoms with van der Waals surface area (Å²) < 4.78 is 11.3. The summed E-state index contributed by atoms with van der Waals surface area (Å²) in [5.41, 5.74) is -0.536. The summed E-state index contributed by atoms with van der Waals surface area (Å²) in [6.45, 7) is 8.90. The van der Waals surface area contributed by atoms with Crippen LogP contribution >= 0.6 is 0 Å². The van der Waals surface area contributed by atoms with E-state index in [0.717, 1.165) is 38.7 Å². The van der Waals surface area contributed by atoms with Gasteiger partial charge in [0.25, 0.3) is 0 Å². The maximum Gasteiger partial charge on any atom is 0.158 e. The van der Waals surface area contributed by atoms with Crippen molar-refractivity contribution >= 4 is 0 Å². The van der Waals surface area contributed by atoms with Crippen LogP contribution in [-0.4, -0.2) is 29.7 Å². The van der Waals surface area contributed by atoms with Gasteiger partial charge in [-0.05, 0) is 39.5 Å². The molecular formula is C14H28O3. The molecule has 1 saturated heterocycles. The fourth-order valence-electron chi connectivity index (χ4n) is 2.18. The van der Waals surface area contributed by atoms with Crippen molar-refractivity contribution in [2.24, 2.45) is 5.92 Å². The Morgan fingerprint density at radius 2 is 2.12 bits per heavy atom. The molecule has 1 rings (SSSR count). The minimum Gasteiger partial charge on any atom is -0.390 e. The van der Waals surface area contributed by atoms with Crippen LogP contribution in [0, 0.1) is 5.92 Å². The van der Waals surface area contributed by atoms with Gasteiger partial charge in [0.15, 0.2) is 6.29 Å². The summed E-state index contributed by atoms with van der Waals surface area (Å²) >= 11 is 0. The Hall–Kier alpha value is -0.120. The molecule has 0 radical (unpaired) electrons. The maximum atomic E-state index is 9.64. The normalized spacial score (nSPS) is 28.1. The second-order valence-electron chi connectivity index (χ2n) is 6.08. The third-order valence-electron chi connectivity index (χ3n) is 3.29. The van der Waals surface area contributed by atoms with E-state index in [1.54, 1.807) is 0 Å². The Bertz CT molecular complexity index is 210. The molecule has 1 aliphatic heterocycles. The highest BCUT2D eigenvalue weighted by molar-refractivity contribution is 4.67. The van der Waals surface area contributed by atoms with Crippen molar-refractivity contribution in [3.63, 3.8) is 0 Å². The van der Waals surface area contributed by atoms with Crippen LogP contribution in [0.4, 0.5) is 0 Å². The maximum absolute atomic E-state index is 9.64. The lowest BCUT2D eigenvalue weighted by Crippen LogP contribution is -2.31. The van der Waals surface area contributed by atoms with Crippen LogP contribution in [0.1, 0.15) is 59.8 Å². The van der Waals surface area contributed by atoms with Crippen molar-refractivity contribution in [1.29, 1.82) is 0 Å². The molecule has 1 aliphatic rings. The SMILES string of the molecule is C[C@H](CCCC(C)(C)O)C[C@H]1OCC[C@H](C)O1. The van der Waals surface area contributed by atoms with Gasteiger partial charge >= 0.3 is 0 Å². The molecule has 3 atom stereocenters. The molecule has 1 fully saturated rings. The lowest BCUT2D eigenvalue weighted by atomic mass is 9.95.